The smallest absolute Gasteiger partial charge is 0.230 e. The molecule has 1 spiro atoms. The van der Waals surface area contributed by atoms with Crippen LogP contribution in [0.4, 0.5) is 0 Å². The van der Waals surface area contributed by atoms with E-state index in [1.54, 1.807) is 0 Å². The number of aliphatic hydroxyl groups is 1. The van der Waals surface area contributed by atoms with Crippen molar-refractivity contribution in [3.63, 3.8) is 0 Å². The largest absolute Gasteiger partial charge is 0.424 e. The van der Waals surface area contributed by atoms with Crippen LogP contribution < -0.4 is 0 Å². The Morgan fingerprint density at radius 1 is 1.11 bits per heavy atom. The molecule has 2 aliphatic heterocycles. The maximum Gasteiger partial charge on any atom is 0.230 e. The van der Waals surface area contributed by atoms with Crippen molar-refractivity contribution in [2.24, 2.45) is 5.41 Å². The number of rotatable bonds is 4. The van der Waals surface area contributed by atoms with E-state index in [2.05, 4.69) is 20.0 Å². The van der Waals surface area contributed by atoms with Crippen molar-refractivity contribution in [3.05, 3.63) is 11.8 Å². The number of likely N-dealkylation sites (tertiary alicyclic amines) is 2. The highest BCUT2D eigenvalue weighted by Crippen LogP contribution is 2.42. The van der Waals surface area contributed by atoms with Gasteiger partial charge in [0, 0.05) is 25.4 Å². The summed E-state index contributed by atoms with van der Waals surface area (Å²) >= 11 is 0. The van der Waals surface area contributed by atoms with E-state index in [1.165, 1.54) is 0 Å². The molecule has 7 nitrogen and oxygen atoms in total. The number of carbonyl (C=O) groups excluding carboxylic acids is 1. The Morgan fingerprint density at radius 2 is 1.81 bits per heavy atom. The summed E-state index contributed by atoms with van der Waals surface area (Å²) < 4.78 is 5.65. The lowest BCUT2D eigenvalue weighted by molar-refractivity contribution is -0.144. The van der Waals surface area contributed by atoms with Crippen LogP contribution in [-0.2, 0) is 17.8 Å². The van der Waals surface area contributed by atoms with E-state index < -0.39 is 0 Å². The summed E-state index contributed by atoms with van der Waals surface area (Å²) in [4.78, 5) is 17.1. The van der Waals surface area contributed by atoms with Gasteiger partial charge in [0.1, 0.15) is 0 Å². The summed E-state index contributed by atoms with van der Waals surface area (Å²) in [6.45, 7) is 5.70. The molecule has 0 atom stereocenters. The zero-order valence-corrected chi connectivity index (χ0v) is 16.4. The van der Waals surface area contributed by atoms with Crippen LogP contribution in [0.1, 0.15) is 70.1 Å². The first-order valence-corrected chi connectivity index (χ1v) is 10.6. The Bertz CT molecular complexity index is 645. The number of carbonyl (C=O) groups is 1. The van der Waals surface area contributed by atoms with E-state index in [0.717, 1.165) is 77.5 Å². The number of hydrogen-bond donors (Lipinski definition) is 1. The van der Waals surface area contributed by atoms with Crippen molar-refractivity contribution in [1.29, 1.82) is 0 Å². The number of aryl methyl sites for hydroxylation is 1. The second kappa shape index (κ2) is 7.87. The molecule has 3 heterocycles. The fourth-order valence-corrected chi connectivity index (χ4v) is 5.03. The molecule has 4 rings (SSSR count). The lowest BCUT2D eigenvalue weighted by Gasteiger charge is -2.50. The minimum atomic E-state index is -0.170. The minimum absolute atomic E-state index is 0.170. The second-order valence-corrected chi connectivity index (χ2v) is 8.70. The van der Waals surface area contributed by atoms with Gasteiger partial charge in [-0.05, 0) is 63.5 Å². The van der Waals surface area contributed by atoms with E-state index in [9.17, 15) is 9.90 Å². The van der Waals surface area contributed by atoms with Crippen LogP contribution in [0.5, 0.6) is 0 Å². The molecule has 7 heteroatoms. The van der Waals surface area contributed by atoms with Gasteiger partial charge in [-0.1, -0.05) is 6.92 Å². The van der Waals surface area contributed by atoms with Gasteiger partial charge in [-0.3, -0.25) is 9.69 Å². The van der Waals surface area contributed by atoms with Gasteiger partial charge in [0.05, 0.1) is 12.6 Å². The Kier molecular flexibility index (Phi) is 5.50. The molecule has 0 unspecified atom stereocenters. The van der Waals surface area contributed by atoms with Crippen LogP contribution in [0.15, 0.2) is 4.42 Å². The third kappa shape index (κ3) is 4.19. The van der Waals surface area contributed by atoms with Gasteiger partial charge in [0.2, 0.25) is 17.7 Å². The van der Waals surface area contributed by atoms with Gasteiger partial charge >= 0.3 is 0 Å². The van der Waals surface area contributed by atoms with Crippen LogP contribution in [-0.4, -0.2) is 62.8 Å². The predicted octanol–water partition coefficient (Wildman–Crippen LogP) is 2.14. The molecular weight excluding hydrogens is 344 g/mol. The molecule has 1 aliphatic carbocycles. The first kappa shape index (κ1) is 18.9. The van der Waals surface area contributed by atoms with E-state index in [-0.39, 0.29) is 11.5 Å². The third-order valence-electron chi connectivity index (χ3n) is 6.89. The predicted molar refractivity (Wildman–Crippen MR) is 99.8 cm³/mol. The molecule has 1 amide bonds. The maximum atomic E-state index is 12.6. The number of aromatic nitrogens is 2. The summed E-state index contributed by atoms with van der Waals surface area (Å²) in [7, 11) is 0. The monoisotopic (exact) mass is 376 g/mol. The molecule has 1 saturated carbocycles. The standard InChI is InChI=1S/C20H32N4O3/c1-2-17-21-22-18(27-17)13-23-11-9-20(10-12-23)8-7-19(26)24(14-20)15-3-5-16(25)6-4-15/h15-16,25H,2-14H2,1H3. The van der Waals surface area contributed by atoms with Gasteiger partial charge in [0.15, 0.2) is 0 Å². The highest BCUT2D eigenvalue weighted by molar-refractivity contribution is 5.77. The van der Waals surface area contributed by atoms with Gasteiger partial charge in [0.25, 0.3) is 0 Å². The fourth-order valence-electron chi connectivity index (χ4n) is 5.03. The number of aliphatic hydroxyl groups excluding tert-OH is 1. The molecule has 1 aromatic rings. The minimum Gasteiger partial charge on any atom is -0.424 e. The first-order chi connectivity index (χ1) is 13.1. The van der Waals surface area contributed by atoms with Crippen molar-refractivity contribution >= 4 is 5.91 Å². The van der Waals surface area contributed by atoms with E-state index in [1.807, 2.05) is 6.92 Å². The van der Waals surface area contributed by atoms with Gasteiger partial charge in [-0.15, -0.1) is 10.2 Å². The topological polar surface area (TPSA) is 82.7 Å². The second-order valence-electron chi connectivity index (χ2n) is 8.70. The fraction of sp³-hybridized carbons (Fsp3) is 0.850. The quantitative estimate of drug-likeness (QED) is 0.867. The maximum absolute atomic E-state index is 12.6. The molecule has 0 aromatic carbocycles. The molecule has 1 N–H and O–H groups in total. The summed E-state index contributed by atoms with van der Waals surface area (Å²) in [6, 6.07) is 0.335. The summed E-state index contributed by atoms with van der Waals surface area (Å²) in [5, 5.41) is 18.0. The summed E-state index contributed by atoms with van der Waals surface area (Å²) in [5.74, 6) is 1.74. The zero-order chi connectivity index (χ0) is 18.9. The van der Waals surface area contributed by atoms with Gasteiger partial charge < -0.3 is 14.4 Å². The van der Waals surface area contributed by atoms with Crippen molar-refractivity contribution in [1.82, 2.24) is 20.0 Å². The van der Waals surface area contributed by atoms with Crippen molar-refractivity contribution in [2.75, 3.05) is 19.6 Å². The SMILES string of the molecule is CCc1nnc(CN2CCC3(CCC(=O)N(C4CCC(O)CC4)C3)CC2)o1. The molecule has 150 valence electrons. The Labute approximate surface area is 161 Å². The van der Waals surface area contributed by atoms with Gasteiger partial charge in [-0.2, -0.15) is 0 Å². The van der Waals surface area contributed by atoms with Crippen LogP contribution in [0.25, 0.3) is 0 Å². The first-order valence-electron chi connectivity index (χ1n) is 10.6. The van der Waals surface area contributed by atoms with Crippen LogP contribution >= 0.6 is 0 Å². The lowest BCUT2D eigenvalue weighted by Crippen LogP contribution is -2.55. The Balaban J connectivity index is 1.33. The average molecular weight is 377 g/mol. The normalized spacial score (nSPS) is 29.4. The van der Waals surface area contributed by atoms with Crippen LogP contribution in [0.2, 0.25) is 0 Å². The number of amides is 1. The Hall–Kier alpha value is -1.47. The molecule has 27 heavy (non-hydrogen) atoms. The number of nitrogens with zero attached hydrogens (tertiary/aromatic N) is 4. The zero-order valence-electron chi connectivity index (χ0n) is 16.4. The van der Waals surface area contributed by atoms with Crippen molar-refractivity contribution in [3.8, 4) is 0 Å². The van der Waals surface area contributed by atoms with E-state index in [0.29, 0.717) is 30.2 Å². The highest BCUT2D eigenvalue weighted by atomic mass is 16.4. The van der Waals surface area contributed by atoms with E-state index in [4.69, 9.17) is 4.42 Å². The molecule has 1 aromatic heterocycles. The molecule has 3 fully saturated rings. The summed E-state index contributed by atoms with van der Waals surface area (Å²) in [5.41, 5.74) is 0.268. The Morgan fingerprint density at radius 3 is 2.48 bits per heavy atom. The molecule has 2 saturated heterocycles. The van der Waals surface area contributed by atoms with E-state index >= 15 is 0 Å². The third-order valence-corrected chi connectivity index (χ3v) is 6.89. The molecule has 3 aliphatic rings. The number of piperidine rings is 2. The molecular formula is C20H32N4O3. The van der Waals surface area contributed by atoms with Crippen molar-refractivity contribution < 1.29 is 14.3 Å². The van der Waals surface area contributed by atoms with Gasteiger partial charge in [-0.25, -0.2) is 0 Å². The van der Waals surface area contributed by atoms with Crippen LogP contribution in [0, 0.1) is 5.41 Å². The van der Waals surface area contributed by atoms with Crippen molar-refractivity contribution in [2.45, 2.75) is 83.4 Å². The molecule has 0 radical (unpaired) electrons. The molecule has 0 bridgehead atoms. The average Bonchev–Trinajstić information content (AvgIpc) is 3.14. The number of hydrogen-bond acceptors (Lipinski definition) is 6. The summed E-state index contributed by atoms with van der Waals surface area (Å²) in [6.07, 6.45) is 8.13. The highest BCUT2D eigenvalue weighted by Gasteiger charge is 2.43. The van der Waals surface area contributed by atoms with Crippen LogP contribution in [0.3, 0.4) is 0 Å². The lowest BCUT2D eigenvalue weighted by atomic mass is 9.71.